The first-order valence-corrected chi connectivity index (χ1v) is 7.30. The van der Waals surface area contributed by atoms with E-state index in [4.69, 9.17) is 5.10 Å². The molecule has 0 aliphatic rings. The fourth-order valence-electron chi connectivity index (χ4n) is 2.15. The van der Waals surface area contributed by atoms with Crippen LogP contribution in [-0.4, -0.2) is 21.3 Å². The van der Waals surface area contributed by atoms with Gasteiger partial charge in [-0.2, -0.15) is 5.10 Å². The second-order valence-electron chi connectivity index (χ2n) is 4.33. The fraction of sp³-hybridized carbons (Fsp3) is 0.286. The van der Waals surface area contributed by atoms with Crippen LogP contribution >= 0.6 is 11.3 Å². The minimum absolute atomic E-state index is 0.740. The molecule has 0 fully saturated rings. The molecule has 0 amide bonds. The molecule has 0 aliphatic carbocycles. The minimum Gasteiger partial charge on any atom is -0.311 e. The first kappa shape index (κ1) is 12.3. The number of hydrogen-bond acceptors (Lipinski definition) is 4. The van der Waals surface area contributed by atoms with Crippen molar-refractivity contribution in [1.29, 1.82) is 0 Å². The van der Waals surface area contributed by atoms with Gasteiger partial charge in [0.25, 0.3) is 0 Å². The number of hydrogen-bond donors (Lipinski definition) is 1. The Hall–Kier alpha value is -1.72. The molecular weight excluding hydrogens is 256 g/mol. The minimum atomic E-state index is 0.740. The summed E-state index contributed by atoms with van der Waals surface area (Å²) in [5, 5.41) is 12.4. The predicted molar refractivity (Wildman–Crippen MR) is 78.3 cm³/mol. The Kier molecular flexibility index (Phi) is 3.57. The summed E-state index contributed by atoms with van der Waals surface area (Å²) in [7, 11) is 0. The number of nitrogens with zero attached hydrogens (tertiary/aromatic N) is 3. The van der Waals surface area contributed by atoms with E-state index in [2.05, 4.69) is 41.5 Å². The zero-order valence-corrected chi connectivity index (χ0v) is 11.7. The van der Waals surface area contributed by atoms with Crippen molar-refractivity contribution in [3.8, 4) is 0 Å². The van der Waals surface area contributed by atoms with Crippen molar-refractivity contribution in [3.05, 3.63) is 46.5 Å². The van der Waals surface area contributed by atoms with E-state index in [0.29, 0.717) is 0 Å². The van der Waals surface area contributed by atoms with Gasteiger partial charge in [0.05, 0.1) is 17.8 Å². The lowest BCUT2D eigenvalue weighted by Gasteiger charge is -1.99. The molecule has 0 atom stereocenters. The van der Waals surface area contributed by atoms with Crippen LogP contribution in [0.4, 0.5) is 0 Å². The maximum Gasteiger partial charge on any atom is 0.114 e. The third kappa shape index (κ3) is 2.52. The van der Waals surface area contributed by atoms with Gasteiger partial charge in [-0.1, -0.05) is 25.1 Å². The SMILES string of the molecule is CCNCc1nn(Cc2nccs2)c2ccccc12. The molecule has 5 heteroatoms. The summed E-state index contributed by atoms with van der Waals surface area (Å²) in [5.74, 6) is 0. The molecule has 1 N–H and O–H groups in total. The second-order valence-corrected chi connectivity index (χ2v) is 5.31. The summed E-state index contributed by atoms with van der Waals surface area (Å²) in [6.45, 7) is 4.61. The summed E-state index contributed by atoms with van der Waals surface area (Å²) in [6.07, 6.45) is 1.84. The highest BCUT2D eigenvalue weighted by atomic mass is 32.1. The van der Waals surface area contributed by atoms with E-state index < -0.39 is 0 Å². The van der Waals surface area contributed by atoms with Gasteiger partial charge in [0.2, 0.25) is 0 Å². The van der Waals surface area contributed by atoms with Crippen LogP contribution in [0.15, 0.2) is 35.8 Å². The van der Waals surface area contributed by atoms with Crippen LogP contribution in [0.1, 0.15) is 17.6 Å². The van der Waals surface area contributed by atoms with Gasteiger partial charge in [-0.25, -0.2) is 4.98 Å². The molecule has 3 aromatic rings. The Balaban J connectivity index is 1.99. The van der Waals surface area contributed by atoms with Crippen LogP contribution < -0.4 is 5.32 Å². The normalized spacial score (nSPS) is 11.2. The van der Waals surface area contributed by atoms with Gasteiger partial charge >= 0.3 is 0 Å². The lowest BCUT2D eigenvalue weighted by atomic mass is 10.2. The molecule has 0 saturated carbocycles. The molecule has 0 saturated heterocycles. The number of aromatic nitrogens is 3. The highest BCUT2D eigenvalue weighted by Crippen LogP contribution is 2.20. The summed E-state index contributed by atoms with van der Waals surface area (Å²) >= 11 is 1.67. The molecule has 2 heterocycles. The third-order valence-electron chi connectivity index (χ3n) is 3.05. The Morgan fingerprint density at radius 2 is 2.21 bits per heavy atom. The Morgan fingerprint density at radius 3 is 3.00 bits per heavy atom. The second kappa shape index (κ2) is 5.50. The van der Waals surface area contributed by atoms with Crippen molar-refractivity contribution in [2.24, 2.45) is 0 Å². The van der Waals surface area contributed by atoms with E-state index in [1.54, 1.807) is 11.3 Å². The summed E-state index contributed by atoms with van der Waals surface area (Å²) < 4.78 is 2.04. The average Bonchev–Trinajstić information content (AvgIpc) is 3.06. The van der Waals surface area contributed by atoms with Gasteiger partial charge in [0.1, 0.15) is 5.01 Å². The van der Waals surface area contributed by atoms with Gasteiger partial charge in [0, 0.05) is 23.5 Å². The van der Waals surface area contributed by atoms with E-state index in [9.17, 15) is 0 Å². The quantitative estimate of drug-likeness (QED) is 0.776. The van der Waals surface area contributed by atoms with E-state index in [-0.39, 0.29) is 0 Å². The van der Waals surface area contributed by atoms with Crippen molar-refractivity contribution in [3.63, 3.8) is 0 Å². The number of thiazole rings is 1. The van der Waals surface area contributed by atoms with Gasteiger partial charge in [-0.3, -0.25) is 4.68 Å². The molecule has 0 aliphatic heterocycles. The molecule has 0 radical (unpaired) electrons. The van der Waals surface area contributed by atoms with Crippen LogP contribution in [0.3, 0.4) is 0 Å². The maximum absolute atomic E-state index is 4.72. The van der Waals surface area contributed by atoms with Crippen molar-refractivity contribution in [1.82, 2.24) is 20.1 Å². The Bertz CT molecular complexity index is 657. The number of para-hydroxylation sites is 1. The van der Waals surface area contributed by atoms with Crippen molar-refractivity contribution in [2.75, 3.05) is 6.54 Å². The van der Waals surface area contributed by atoms with Crippen LogP contribution in [-0.2, 0) is 13.1 Å². The third-order valence-corrected chi connectivity index (χ3v) is 3.81. The Morgan fingerprint density at radius 1 is 1.32 bits per heavy atom. The molecule has 1 aromatic carbocycles. The number of nitrogens with one attached hydrogen (secondary N) is 1. The monoisotopic (exact) mass is 272 g/mol. The number of fused-ring (bicyclic) bond motifs is 1. The highest BCUT2D eigenvalue weighted by molar-refractivity contribution is 7.09. The number of rotatable bonds is 5. The molecule has 3 rings (SSSR count). The Labute approximate surface area is 116 Å². The van der Waals surface area contributed by atoms with Gasteiger partial charge < -0.3 is 5.32 Å². The van der Waals surface area contributed by atoms with Crippen molar-refractivity contribution < 1.29 is 0 Å². The van der Waals surface area contributed by atoms with Gasteiger partial charge in [0.15, 0.2) is 0 Å². The summed E-state index contributed by atoms with van der Waals surface area (Å²) in [6, 6.07) is 8.37. The molecule has 2 aromatic heterocycles. The smallest absolute Gasteiger partial charge is 0.114 e. The first-order chi connectivity index (χ1) is 9.38. The summed E-state index contributed by atoms with van der Waals surface area (Å²) in [4.78, 5) is 4.33. The van der Waals surface area contributed by atoms with Gasteiger partial charge in [-0.05, 0) is 12.6 Å². The topological polar surface area (TPSA) is 42.7 Å². The zero-order valence-electron chi connectivity index (χ0n) is 10.8. The molecule has 98 valence electrons. The molecule has 0 spiro atoms. The average molecular weight is 272 g/mol. The van der Waals surface area contributed by atoms with Crippen LogP contribution in [0.25, 0.3) is 10.9 Å². The molecule has 0 bridgehead atoms. The number of benzene rings is 1. The van der Waals surface area contributed by atoms with Crippen LogP contribution in [0.5, 0.6) is 0 Å². The fourth-order valence-corrected chi connectivity index (χ4v) is 2.75. The van der Waals surface area contributed by atoms with Crippen LogP contribution in [0.2, 0.25) is 0 Å². The summed E-state index contributed by atoms with van der Waals surface area (Å²) in [5.41, 5.74) is 2.28. The van der Waals surface area contributed by atoms with Crippen LogP contribution in [0, 0.1) is 0 Å². The molecule has 4 nitrogen and oxygen atoms in total. The first-order valence-electron chi connectivity index (χ1n) is 6.42. The molecule has 0 unspecified atom stereocenters. The molecule has 19 heavy (non-hydrogen) atoms. The van der Waals surface area contributed by atoms with Gasteiger partial charge in [-0.15, -0.1) is 11.3 Å². The van der Waals surface area contributed by atoms with Crippen molar-refractivity contribution in [2.45, 2.75) is 20.0 Å². The van der Waals surface area contributed by atoms with Crippen molar-refractivity contribution >= 4 is 22.2 Å². The van der Waals surface area contributed by atoms with E-state index >= 15 is 0 Å². The largest absolute Gasteiger partial charge is 0.311 e. The molecular formula is C14H16N4S. The predicted octanol–water partition coefficient (Wildman–Crippen LogP) is 2.65. The maximum atomic E-state index is 4.72. The lowest BCUT2D eigenvalue weighted by molar-refractivity contribution is 0.655. The van der Waals surface area contributed by atoms with E-state index in [1.165, 1.54) is 10.9 Å². The highest BCUT2D eigenvalue weighted by Gasteiger charge is 2.10. The zero-order chi connectivity index (χ0) is 13.1. The standard InChI is InChI=1S/C14H16N4S/c1-2-15-9-12-11-5-3-4-6-13(11)18(17-12)10-14-16-7-8-19-14/h3-8,15H,2,9-10H2,1H3. The van der Waals surface area contributed by atoms with E-state index in [0.717, 1.165) is 30.3 Å². The van der Waals surface area contributed by atoms with E-state index in [1.807, 2.05) is 16.3 Å². The lowest BCUT2D eigenvalue weighted by Crippen LogP contribution is -2.13.